The Morgan fingerprint density at radius 1 is 1.04 bits per heavy atom. The van der Waals surface area contributed by atoms with Crippen LogP contribution >= 0.6 is 11.8 Å². The maximum atomic E-state index is 12.0. The lowest BCUT2D eigenvalue weighted by atomic mass is 10.1. The third kappa shape index (κ3) is 5.86. The van der Waals surface area contributed by atoms with E-state index in [0.29, 0.717) is 5.56 Å². The molecule has 0 spiro atoms. The number of hydrogen-bond donors (Lipinski definition) is 2. The van der Waals surface area contributed by atoms with Gasteiger partial charge in [0.25, 0.3) is 5.91 Å². The molecule has 0 saturated carbocycles. The van der Waals surface area contributed by atoms with Gasteiger partial charge in [0.1, 0.15) is 0 Å². The van der Waals surface area contributed by atoms with Crippen molar-refractivity contribution in [3.63, 3.8) is 0 Å². The summed E-state index contributed by atoms with van der Waals surface area (Å²) in [6.07, 6.45) is 0. The van der Waals surface area contributed by atoms with Crippen LogP contribution in [0.1, 0.15) is 41.2 Å². The molecule has 2 aromatic rings. The maximum absolute atomic E-state index is 12.0. The number of benzene rings is 1. The van der Waals surface area contributed by atoms with Crippen LogP contribution in [0.25, 0.3) is 0 Å². The molecule has 0 radical (unpaired) electrons. The monoisotopic (exact) mass is 358 g/mol. The minimum Gasteiger partial charge on any atom is -0.273 e. The fourth-order valence-electron chi connectivity index (χ4n) is 1.99. The Labute approximate surface area is 151 Å². The van der Waals surface area contributed by atoms with Gasteiger partial charge in [0.05, 0.1) is 0 Å². The first kappa shape index (κ1) is 18.9. The molecule has 0 saturated heterocycles. The van der Waals surface area contributed by atoms with Gasteiger partial charge < -0.3 is 0 Å². The summed E-state index contributed by atoms with van der Waals surface area (Å²) in [5.74, 6) is -0.0395. The second-order valence-electron chi connectivity index (χ2n) is 6.02. The van der Waals surface area contributed by atoms with E-state index in [4.69, 9.17) is 0 Å². The molecule has 0 aliphatic carbocycles. The smallest absolute Gasteiger partial charge is 0.269 e. The summed E-state index contributed by atoms with van der Waals surface area (Å²) in [4.78, 5) is 32.2. The molecule has 132 valence electrons. The zero-order chi connectivity index (χ0) is 18.4. The average molecular weight is 358 g/mol. The van der Waals surface area contributed by atoms with E-state index in [9.17, 15) is 9.59 Å². The van der Waals surface area contributed by atoms with E-state index in [2.05, 4.69) is 20.8 Å². The number of nitrogens with one attached hydrogen (secondary N) is 2. The number of hydrogen-bond acceptors (Lipinski definition) is 5. The van der Waals surface area contributed by atoms with Gasteiger partial charge in [0.2, 0.25) is 5.91 Å². The molecule has 2 N–H and O–H groups in total. The standard InChI is InChI=1S/C18H22N4O2S/c1-11(2)16(23)21-22-17(24)15-7-5-14(6-8-15)10-25-18-19-12(3)9-13(4)20-18/h5-9,11H,10H2,1-4H3,(H,21,23)(H,22,24). The molecule has 0 aliphatic rings. The van der Waals surface area contributed by atoms with Gasteiger partial charge in [0, 0.05) is 28.6 Å². The van der Waals surface area contributed by atoms with E-state index in [1.807, 2.05) is 32.0 Å². The fourth-order valence-corrected chi connectivity index (χ4v) is 2.90. The van der Waals surface area contributed by atoms with Gasteiger partial charge in [0.15, 0.2) is 5.16 Å². The summed E-state index contributed by atoms with van der Waals surface area (Å²) >= 11 is 1.55. The van der Waals surface area contributed by atoms with Gasteiger partial charge in [-0.2, -0.15) is 0 Å². The van der Waals surface area contributed by atoms with Crippen molar-refractivity contribution in [2.75, 3.05) is 0 Å². The largest absolute Gasteiger partial charge is 0.273 e. The van der Waals surface area contributed by atoms with Gasteiger partial charge in [-0.3, -0.25) is 20.4 Å². The first-order valence-electron chi connectivity index (χ1n) is 7.99. The molecule has 1 heterocycles. The number of carbonyl (C=O) groups excluding carboxylic acids is 2. The lowest BCUT2D eigenvalue weighted by Crippen LogP contribution is -2.43. The molecular formula is C18H22N4O2S. The van der Waals surface area contributed by atoms with Crippen molar-refractivity contribution in [3.05, 3.63) is 52.8 Å². The Kier molecular flexibility index (Phi) is 6.52. The highest BCUT2D eigenvalue weighted by atomic mass is 32.2. The predicted octanol–water partition coefficient (Wildman–Crippen LogP) is 2.80. The van der Waals surface area contributed by atoms with Crippen LogP contribution in [-0.2, 0) is 10.5 Å². The van der Waals surface area contributed by atoms with Crippen molar-refractivity contribution in [2.45, 2.75) is 38.6 Å². The van der Waals surface area contributed by atoms with Crippen LogP contribution in [0.3, 0.4) is 0 Å². The Morgan fingerprint density at radius 2 is 1.64 bits per heavy atom. The highest BCUT2D eigenvalue weighted by molar-refractivity contribution is 7.98. The molecule has 7 heteroatoms. The first-order valence-corrected chi connectivity index (χ1v) is 8.98. The molecule has 1 aromatic heterocycles. The Morgan fingerprint density at radius 3 is 2.20 bits per heavy atom. The average Bonchev–Trinajstić information content (AvgIpc) is 2.57. The highest BCUT2D eigenvalue weighted by Crippen LogP contribution is 2.20. The van der Waals surface area contributed by atoms with E-state index < -0.39 is 0 Å². The second kappa shape index (κ2) is 8.62. The topological polar surface area (TPSA) is 84.0 Å². The van der Waals surface area contributed by atoms with E-state index in [0.717, 1.165) is 27.9 Å². The SMILES string of the molecule is Cc1cc(C)nc(SCc2ccc(C(=O)NNC(=O)C(C)C)cc2)n1. The van der Waals surface area contributed by atoms with Crippen LogP contribution in [0.2, 0.25) is 0 Å². The minimum absolute atomic E-state index is 0.188. The zero-order valence-electron chi connectivity index (χ0n) is 14.8. The number of rotatable bonds is 5. The molecule has 2 amide bonds. The molecule has 0 aliphatic heterocycles. The summed E-state index contributed by atoms with van der Waals surface area (Å²) in [6, 6.07) is 9.17. The lowest BCUT2D eigenvalue weighted by Gasteiger charge is -2.09. The van der Waals surface area contributed by atoms with Crippen molar-refractivity contribution in [1.29, 1.82) is 0 Å². The van der Waals surface area contributed by atoms with Crippen molar-refractivity contribution in [3.8, 4) is 0 Å². The molecule has 0 unspecified atom stereocenters. The molecule has 2 rings (SSSR count). The third-order valence-corrected chi connectivity index (χ3v) is 4.29. The lowest BCUT2D eigenvalue weighted by molar-refractivity contribution is -0.124. The van der Waals surface area contributed by atoms with Gasteiger partial charge in [-0.25, -0.2) is 9.97 Å². The molecule has 6 nitrogen and oxygen atoms in total. The van der Waals surface area contributed by atoms with Crippen LogP contribution in [0.5, 0.6) is 0 Å². The van der Waals surface area contributed by atoms with E-state index in [-0.39, 0.29) is 17.7 Å². The summed E-state index contributed by atoms with van der Waals surface area (Å²) in [6.45, 7) is 7.41. The summed E-state index contributed by atoms with van der Waals surface area (Å²) in [5, 5.41) is 0.746. The summed E-state index contributed by atoms with van der Waals surface area (Å²) in [5.41, 5.74) is 8.25. The summed E-state index contributed by atoms with van der Waals surface area (Å²) in [7, 11) is 0. The Hall–Kier alpha value is -2.41. The van der Waals surface area contributed by atoms with E-state index >= 15 is 0 Å². The Bertz CT molecular complexity index is 740. The van der Waals surface area contributed by atoms with Crippen molar-refractivity contribution in [2.24, 2.45) is 5.92 Å². The third-order valence-electron chi connectivity index (χ3n) is 3.37. The number of carbonyl (C=O) groups is 2. The Balaban J connectivity index is 1.91. The molecule has 0 atom stereocenters. The molecule has 1 aromatic carbocycles. The number of thioether (sulfide) groups is 1. The summed E-state index contributed by atoms with van der Waals surface area (Å²) < 4.78 is 0. The molecule has 25 heavy (non-hydrogen) atoms. The number of nitrogens with zero attached hydrogens (tertiary/aromatic N) is 2. The minimum atomic E-state index is -0.342. The van der Waals surface area contributed by atoms with Crippen LogP contribution in [0, 0.1) is 19.8 Å². The first-order chi connectivity index (χ1) is 11.8. The highest BCUT2D eigenvalue weighted by Gasteiger charge is 2.10. The van der Waals surface area contributed by atoms with Crippen LogP contribution < -0.4 is 10.9 Å². The van der Waals surface area contributed by atoms with Gasteiger partial charge in [-0.15, -0.1) is 0 Å². The normalized spacial score (nSPS) is 10.6. The molecular weight excluding hydrogens is 336 g/mol. The zero-order valence-corrected chi connectivity index (χ0v) is 15.6. The van der Waals surface area contributed by atoms with E-state index in [1.54, 1.807) is 37.7 Å². The van der Waals surface area contributed by atoms with Gasteiger partial charge >= 0.3 is 0 Å². The quantitative estimate of drug-likeness (QED) is 0.488. The number of hydrazine groups is 1. The molecule has 0 bridgehead atoms. The number of aromatic nitrogens is 2. The van der Waals surface area contributed by atoms with Gasteiger partial charge in [-0.05, 0) is 37.6 Å². The van der Waals surface area contributed by atoms with Crippen molar-refractivity contribution in [1.82, 2.24) is 20.8 Å². The molecule has 0 fully saturated rings. The second-order valence-corrected chi connectivity index (χ2v) is 6.96. The fraction of sp³-hybridized carbons (Fsp3) is 0.333. The number of aryl methyl sites for hydroxylation is 2. The predicted molar refractivity (Wildman–Crippen MR) is 98.0 cm³/mol. The number of amides is 2. The van der Waals surface area contributed by atoms with Crippen molar-refractivity contribution >= 4 is 23.6 Å². The van der Waals surface area contributed by atoms with E-state index in [1.165, 1.54) is 0 Å². The maximum Gasteiger partial charge on any atom is 0.269 e. The van der Waals surface area contributed by atoms with Crippen LogP contribution in [-0.4, -0.2) is 21.8 Å². The van der Waals surface area contributed by atoms with Crippen LogP contribution in [0.4, 0.5) is 0 Å². The van der Waals surface area contributed by atoms with Crippen molar-refractivity contribution < 1.29 is 9.59 Å². The van der Waals surface area contributed by atoms with Gasteiger partial charge in [-0.1, -0.05) is 37.7 Å². The van der Waals surface area contributed by atoms with Crippen LogP contribution in [0.15, 0.2) is 35.5 Å².